The molecule has 96 heavy (non-hydrogen) atoms. The minimum absolute atomic E-state index is 0.106. The summed E-state index contributed by atoms with van der Waals surface area (Å²) in [6.45, 7) is 7.21. The first-order valence-corrected chi connectivity index (χ1v) is 43.1. The Bertz CT molecular complexity index is 1840. The summed E-state index contributed by atoms with van der Waals surface area (Å²) in [7, 11) is -9.91. The van der Waals surface area contributed by atoms with Gasteiger partial charge in [-0.25, -0.2) is 9.13 Å². The molecule has 3 N–H and O–H groups in total. The van der Waals surface area contributed by atoms with Crippen LogP contribution in [0.3, 0.4) is 0 Å². The van der Waals surface area contributed by atoms with Crippen molar-refractivity contribution in [3.63, 3.8) is 0 Å². The summed E-state index contributed by atoms with van der Waals surface area (Å²) in [5, 5.41) is 10.6. The summed E-state index contributed by atoms with van der Waals surface area (Å²) in [6, 6.07) is 0. The molecule has 570 valence electrons. The number of rotatable bonds is 77. The van der Waals surface area contributed by atoms with Crippen LogP contribution in [0.4, 0.5) is 0 Å². The van der Waals surface area contributed by atoms with Crippen LogP contribution in [0.2, 0.25) is 0 Å². The van der Waals surface area contributed by atoms with E-state index in [-0.39, 0.29) is 25.7 Å². The molecule has 0 aliphatic rings. The van der Waals surface area contributed by atoms with E-state index in [2.05, 4.69) is 34.6 Å². The second-order valence-electron chi connectivity index (χ2n) is 28.2. The first-order chi connectivity index (χ1) is 46.5. The highest BCUT2D eigenvalue weighted by Gasteiger charge is 2.30. The van der Waals surface area contributed by atoms with Crippen LogP contribution in [0.15, 0.2) is 0 Å². The molecule has 5 atom stereocenters. The van der Waals surface area contributed by atoms with Gasteiger partial charge in [0.1, 0.15) is 19.3 Å². The molecule has 0 fully saturated rings. The summed E-state index contributed by atoms with van der Waals surface area (Å²) in [4.78, 5) is 72.8. The second kappa shape index (κ2) is 70.1. The third-order valence-corrected chi connectivity index (χ3v) is 19.9. The highest BCUT2D eigenvalue weighted by atomic mass is 31.2. The van der Waals surface area contributed by atoms with Crippen molar-refractivity contribution < 1.29 is 80.2 Å². The van der Waals surface area contributed by atoms with Crippen molar-refractivity contribution in [1.82, 2.24) is 0 Å². The Balaban J connectivity index is 5.19. The molecule has 0 radical (unpaired) electrons. The lowest BCUT2D eigenvalue weighted by molar-refractivity contribution is -0.161. The smallest absolute Gasteiger partial charge is 0.462 e. The van der Waals surface area contributed by atoms with Crippen LogP contribution in [-0.4, -0.2) is 96.7 Å². The van der Waals surface area contributed by atoms with Gasteiger partial charge in [0.25, 0.3) is 0 Å². The molecule has 17 nitrogen and oxygen atoms in total. The van der Waals surface area contributed by atoms with Crippen LogP contribution in [-0.2, 0) is 65.4 Å². The third-order valence-electron chi connectivity index (χ3n) is 18.0. The average Bonchev–Trinajstić information content (AvgIpc) is 1.87. The molecular weight excluding hydrogens is 1260 g/mol. The molecule has 0 spiro atoms. The Morgan fingerprint density at radius 2 is 0.479 bits per heavy atom. The zero-order valence-electron chi connectivity index (χ0n) is 62.5. The third kappa shape index (κ3) is 70.5. The van der Waals surface area contributed by atoms with Crippen LogP contribution in [0.1, 0.15) is 407 Å². The SMILES string of the molecule is CCCCCCCCCCCCCCCCCCCCCCCC(=O)O[C@H](COC(=O)CCCCCCCCCCCCCCCCC)COP(=O)(O)OC[C@@H](O)COP(=O)(O)OC[C@@H](COC(=O)CCCCCCCCC(C)C)OC(=O)CCCCCCCCCCCCC. The minimum atomic E-state index is -4.96. The fourth-order valence-corrected chi connectivity index (χ4v) is 13.5. The van der Waals surface area contributed by atoms with Crippen molar-refractivity contribution >= 4 is 39.5 Å². The molecule has 0 rings (SSSR count). The number of aliphatic hydroxyl groups excluding tert-OH is 1. The number of unbranched alkanes of at least 4 members (excludes halogenated alkanes) is 49. The van der Waals surface area contributed by atoms with E-state index >= 15 is 0 Å². The average molecular weight is 1410 g/mol. The fourth-order valence-electron chi connectivity index (χ4n) is 11.9. The Kier molecular flexibility index (Phi) is 68.7. The molecule has 0 bridgehead atoms. The lowest BCUT2D eigenvalue weighted by Gasteiger charge is -2.21. The van der Waals surface area contributed by atoms with Crippen molar-refractivity contribution in [3.8, 4) is 0 Å². The summed E-state index contributed by atoms with van der Waals surface area (Å²) in [6.07, 6.45) is 59.9. The molecule has 0 saturated heterocycles. The van der Waals surface area contributed by atoms with Gasteiger partial charge in [-0.3, -0.25) is 37.3 Å². The van der Waals surface area contributed by atoms with Crippen molar-refractivity contribution in [1.29, 1.82) is 0 Å². The van der Waals surface area contributed by atoms with Gasteiger partial charge in [0.15, 0.2) is 12.2 Å². The number of carbonyl (C=O) groups is 4. The van der Waals surface area contributed by atoms with Gasteiger partial charge in [-0.15, -0.1) is 0 Å². The van der Waals surface area contributed by atoms with Crippen molar-refractivity contribution in [2.45, 2.75) is 425 Å². The Labute approximate surface area is 588 Å². The van der Waals surface area contributed by atoms with E-state index in [9.17, 15) is 43.2 Å². The maximum absolute atomic E-state index is 13.1. The zero-order chi connectivity index (χ0) is 70.5. The first kappa shape index (κ1) is 94.1. The number of hydrogen-bond acceptors (Lipinski definition) is 15. The monoisotopic (exact) mass is 1410 g/mol. The number of phosphoric ester groups is 2. The van der Waals surface area contributed by atoms with Crippen LogP contribution >= 0.6 is 15.6 Å². The van der Waals surface area contributed by atoms with Gasteiger partial charge in [0, 0.05) is 25.7 Å². The molecule has 0 aliphatic heterocycles. The van der Waals surface area contributed by atoms with E-state index in [0.717, 1.165) is 96.3 Å². The Morgan fingerprint density at radius 3 is 0.708 bits per heavy atom. The number of ether oxygens (including phenoxy) is 4. The van der Waals surface area contributed by atoms with E-state index in [1.54, 1.807) is 0 Å². The minimum Gasteiger partial charge on any atom is -0.462 e. The highest BCUT2D eigenvalue weighted by molar-refractivity contribution is 7.47. The largest absolute Gasteiger partial charge is 0.472 e. The summed E-state index contributed by atoms with van der Waals surface area (Å²) < 4.78 is 68.5. The molecule has 0 amide bonds. The lowest BCUT2D eigenvalue weighted by atomic mass is 10.0. The van der Waals surface area contributed by atoms with Crippen molar-refractivity contribution in [2.24, 2.45) is 5.92 Å². The van der Waals surface area contributed by atoms with Crippen molar-refractivity contribution in [2.75, 3.05) is 39.6 Å². The van der Waals surface area contributed by atoms with Crippen LogP contribution in [0.25, 0.3) is 0 Å². The van der Waals surface area contributed by atoms with E-state index in [1.807, 2.05) is 0 Å². The van der Waals surface area contributed by atoms with E-state index in [1.165, 1.54) is 225 Å². The molecule has 0 aromatic heterocycles. The van der Waals surface area contributed by atoms with E-state index < -0.39 is 97.5 Å². The second-order valence-corrected chi connectivity index (χ2v) is 31.1. The zero-order valence-corrected chi connectivity index (χ0v) is 64.3. The van der Waals surface area contributed by atoms with E-state index in [4.69, 9.17) is 37.0 Å². The predicted molar refractivity (Wildman–Crippen MR) is 391 cm³/mol. The quantitative estimate of drug-likeness (QED) is 0.0222. The van der Waals surface area contributed by atoms with Gasteiger partial charge in [-0.2, -0.15) is 0 Å². The molecule has 0 aromatic carbocycles. The van der Waals surface area contributed by atoms with Gasteiger partial charge < -0.3 is 33.8 Å². The molecule has 0 heterocycles. The number of aliphatic hydroxyl groups is 1. The first-order valence-electron chi connectivity index (χ1n) is 40.1. The Hall–Kier alpha value is -1.94. The van der Waals surface area contributed by atoms with Crippen LogP contribution in [0, 0.1) is 5.92 Å². The van der Waals surface area contributed by atoms with Gasteiger partial charge in [-0.05, 0) is 31.6 Å². The molecule has 2 unspecified atom stereocenters. The molecule has 0 aromatic rings. The van der Waals surface area contributed by atoms with Crippen LogP contribution < -0.4 is 0 Å². The topological polar surface area (TPSA) is 237 Å². The highest BCUT2D eigenvalue weighted by Crippen LogP contribution is 2.45. The normalized spacial score (nSPS) is 13.9. The fraction of sp³-hybridized carbons (Fsp3) is 0.948. The summed E-state index contributed by atoms with van der Waals surface area (Å²) in [5.41, 5.74) is 0. The Morgan fingerprint density at radius 1 is 0.281 bits per heavy atom. The lowest BCUT2D eigenvalue weighted by Crippen LogP contribution is -2.30. The number of esters is 4. The van der Waals surface area contributed by atoms with Gasteiger partial charge in [-0.1, -0.05) is 356 Å². The summed E-state index contributed by atoms with van der Waals surface area (Å²) >= 11 is 0. The van der Waals surface area contributed by atoms with Crippen LogP contribution in [0.5, 0.6) is 0 Å². The molecular formula is C77H150O17P2. The standard InChI is InChI=1S/C77H150O17P2/c1-6-9-12-15-18-21-24-26-28-29-30-31-32-33-35-37-40-43-46-53-58-63-77(82)93-72(66-87-74(79)60-55-50-44-41-39-36-34-27-25-22-19-16-13-10-7-2)68-91-95(83,84)89-64-71(78)65-90-96(85,86)92-69-73(67-88-75(80)61-56-51-48-47-49-54-59-70(4)5)94-76(81)62-57-52-45-42-38-23-20-17-14-11-8-3/h70-73,78H,6-69H2,1-5H3,(H,83,84)(H,85,86)/t71-,72-,73-/m1/s1. The molecule has 0 aliphatic carbocycles. The molecule has 19 heteroatoms. The van der Waals surface area contributed by atoms with E-state index in [0.29, 0.717) is 31.6 Å². The van der Waals surface area contributed by atoms with Gasteiger partial charge >= 0.3 is 39.5 Å². The predicted octanol–water partition coefficient (Wildman–Crippen LogP) is 22.9. The van der Waals surface area contributed by atoms with Gasteiger partial charge in [0.05, 0.1) is 26.4 Å². The van der Waals surface area contributed by atoms with Gasteiger partial charge in [0.2, 0.25) is 0 Å². The maximum atomic E-state index is 13.1. The summed E-state index contributed by atoms with van der Waals surface area (Å²) in [5.74, 6) is -1.43. The number of hydrogen-bond donors (Lipinski definition) is 3. The molecule has 0 saturated carbocycles. The number of carbonyl (C=O) groups excluding carboxylic acids is 4. The number of phosphoric acid groups is 2. The van der Waals surface area contributed by atoms with Crippen molar-refractivity contribution in [3.05, 3.63) is 0 Å². The maximum Gasteiger partial charge on any atom is 0.472 e.